The molecular weight excluding hydrogens is 316 g/mol. The molecule has 0 aromatic heterocycles. The minimum atomic E-state index is -0.537. The molecule has 0 aliphatic rings. The van der Waals surface area contributed by atoms with Crippen molar-refractivity contribution in [2.24, 2.45) is 0 Å². The van der Waals surface area contributed by atoms with E-state index in [4.69, 9.17) is 15.2 Å². The summed E-state index contributed by atoms with van der Waals surface area (Å²) < 4.78 is 11.1. The maximum Gasteiger partial charge on any atom is 0.407 e. The number of ether oxygens (including phenoxy) is 2. The molecule has 0 spiro atoms. The van der Waals surface area contributed by atoms with Gasteiger partial charge < -0.3 is 20.5 Å². The molecule has 2 aromatic carbocycles. The van der Waals surface area contributed by atoms with E-state index in [1.54, 1.807) is 6.07 Å². The monoisotopic (exact) mass is 342 g/mol. The van der Waals surface area contributed by atoms with E-state index in [9.17, 15) is 4.79 Å². The van der Waals surface area contributed by atoms with Crippen LogP contribution in [0.25, 0.3) is 0 Å². The van der Waals surface area contributed by atoms with Crippen LogP contribution in [0.5, 0.6) is 11.5 Å². The molecule has 3 N–H and O–H groups in total. The van der Waals surface area contributed by atoms with E-state index in [2.05, 4.69) is 18.3 Å². The maximum atomic E-state index is 11.8. The highest BCUT2D eigenvalue weighted by Gasteiger charge is 2.16. The second-order valence-electron chi connectivity index (χ2n) is 6.82. The number of aryl methyl sites for hydroxylation is 1. The van der Waals surface area contributed by atoms with Crippen molar-refractivity contribution in [2.75, 3.05) is 5.73 Å². The summed E-state index contributed by atoms with van der Waals surface area (Å²) in [6.07, 6.45) is 0.471. The molecule has 2 aromatic rings. The molecule has 0 bridgehead atoms. The lowest BCUT2D eigenvalue weighted by Gasteiger charge is -2.20. The van der Waals surface area contributed by atoms with Gasteiger partial charge in [-0.25, -0.2) is 4.79 Å². The van der Waals surface area contributed by atoms with Crippen LogP contribution in [-0.2, 0) is 17.7 Å². The third-order valence-corrected chi connectivity index (χ3v) is 3.48. The zero-order valence-corrected chi connectivity index (χ0v) is 15.3. The van der Waals surface area contributed by atoms with Crippen LogP contribution in [0.4, 0.5) is 10.5 Å². The highest BCUT2D eigenvalue weighted by Crippen LogP contribution is 2.26. The number of alkyl carbamates (subject to hydrolysis) is 1. The predicted molar refractivity (Wildman–Crippen MR) is 99.8 cm³/mol. The number of anilines is 1. The summed E-state index contributed by atoms with van der Waals surface area (Å²) in [6, 6.07) is 13.4. The van der Waals surface area contributed by atoms with Gasteiger partial charge in [-0.05, 0) is 68.7 Å². The van der Waals surface area contributed by atoms with Crippen molar-refractivity contribution in [1.82, 2.24) is 5.32 Å². The summed E-state index contributed by atoms with van der Waals surface area (Å²) in [5.41, 5.74) is 8.03. The molecule has 0 saturated heterocycles. The normalized spacial score (nSPS) is 11.0. The third kappa shape index (κ3) is 6.03. The number of carbonyl (C=O) groups excluding carboxylic acids is 1. The fourth-order valence-corrected chi connectivity index (χ4v) is 2.25. The van der Waals surface area contributed by atoms with Gasteiger partial charge >= 0.3 is 6.09 Å². The van der Waals surface area contributed by atoms with E-state index in [1.165, 1.54) is 5.56 Å². The highest BCUT2D eigenvalue weighted by atomic mass is 16.6. The van der Waals surface area contributed by atoms with Crippen molar-refractivity contribution < 1.29 is 14.3 Å². The van der Waals surface area contributed by atoms with Crippen molar-refractivity contribution >= 4 is 11.8 Å². The van der Waals surface area contributed by atoms with Crippen LogP contribution in [0, 0.1) is 0 Å². The molecule has 5 heteroatoms. The van der Waals surface area contributed by atoms with Crippen molar-refractivity contribution in [2.45, 2.75) is 46.3 Å². The summed E-state index contributed by atoms with van der Waals surface area (Å²) in [5, 5.41) is 2.71. The molecule has 0 fully saturated rings. The lowest BCUT2D eigenvalue weighted by Crippen LogP contribution is -2.32. The summed E-state index contributed by atoms with van der Waals surface area (Å²) >= 11 is 0. The Labute approximate surface area is 149 Å². The van der Waals surface area contributed by atoms with Crippen LogP contribution in [0.1, 0.15) is 38.8 Å². The molecule has 0 unspecified atom stereocenters. The number of hydrogen-bond donors (Lipinski definition) is 2. The van der Waals surface area contributed by atoms with Crippen LogP contribution in [-0.4, -0.2) is 11.7 Å². The second-order valence-corrected chi connectivity index (χ2v) is 6.82. The molecule has 0 aliphatic heterocycles. The number of amides is 1. The van der Waals surface area contributed by atoms with E-state index in [0.29, 0.717) is 11.4 Å². The molecule has 0 radical (unpaired) electrons. The van der Waals surface area contributed by atoms with E-state index < -0.39 is 11.7 Å². The number of nitrogen functional groups attached to an aromatic ring is 1. The Kier molecular flexibility index (Phi) is 5.91. The quantitative estimate of drug-likeness (QED) is 0.776. The Morgan fingerprint density at radius 1 is 1.12 bits per heavy atom. The van der Waals surface area contributed by atoms with Crippen LogP contribution >= 0.6 is 0 Å². The van der Waals surface area contributed by atoms with Crippen LogP contribution < -0.4 is 15.8 Å². The van der Waals surface area contributed by atoms with Gasteiger partial charge in [0.1, 0.15) is 17.1 Å². The van der Waals surface area contributed by atoms with Gasteiger partial charge in [0.25, 0.3) is 0 Å². The molecule has 134 valence electrons. The van der Waals surface area contributed by atoms with Gasteiger partial charge in [0, 0.05) is 12.2 Å². The zero-order valence-electron chi connectivity index (χ0n) is 15.3. The highest BCUT2D eigenvalue weighted by molar-refractivity contribution is 5.68. The van der Waals surface area contributed by atoms with E-state index >= 15 is 0 Å². The fraction of sp³-hybridized carbons (Fsp3) is 0.350. The Balaban J connectivity index is 2.05. The minimum absolute atomic E-state index is 0.271. The Bertz CT molecular complexity index is 736. The third-order valence-electron chi connectivity index (χ3n) is 3.48. The first kappa shape index (κ1) is 18.6. The van der Waals surface area contributed by atoms with Gasteiger partial charge in [0.2, 0.25) is 0 Å². The fourth-order valence-electron chi connectivity index (χ4n) is 2.25. The topological polar surface area (TPSA) is 73.6 Å². The van der Waals surface area contributed by atoms with Crippen LogP contribution in [0.3, 0.4) is 0 Å². The van der Waals surface area contributed by atoms with E-state index in [0.717, 1.165) is 17.7 Å². The molecule has 5 nitrogen and oxygen atoms in total. The average molecular weight is 342 g/mol. The number of carbonyl (C=O) groups is 1. The minimum Gasteiger partial charge on any atom is -0.457 e. The summed E-state index contributed by atoms with van der Waals surface area (Å²) in [7, 11) is 0. The van der Waals surface area contributed by atoms with Crippen LogP contribution in [0.2, 0.25) is 0 Å². The number of nitrogens with one attached hydrogen (secondary N) is 1. The average Bonchev–Trinajstić information content (AvgIpc) is 2.54. The molecule has 25 heavy (non-hydrogen) atoms. The maximum absolute atomic E-state index is 11.8. The number of rotatable bonds is 5. The Morgan fingerprint density at radius 3 is 2.52 bits per heavy atom. The molecule has 0 heterocycles. The first-order valence-corrected chi connectivity index (χ1v) is 8.39. The predicted octanol–water partition coefficient (Wildman–Crippen LogP) is 4.65. The van der Waals surface area contributed by atoms with Gasteiger partial charge in [0.15, 0.2) is 0 Å². The van der Waals surface area contributed by atoms with Gasteiger partial charge in [0.05, 0.1) is 0 Å². The SMILES string of the molecule is CCc1cccc(Oc2ccc(N)c(CNC(=O)OC(C)(C)C)c2)c1. The number of hydrogen-bond acceptors (Lipinski definition) is 4. The van der Waals surface area contributed by atoms with E-state index in [-0.39, 0.29) is 6.54 Å². The molecule has 0 saturated carbocycles. The molecule has 0 atom stereocenters. The largest absolute Gasteiger partial charge is 0.457 e. The van der Waals surface area contributed by atoms with Crippen molar-refractivity contribution in [3.63, 3.8) is 0 Å². The van der Waals surface area contributed by atoms with Gasteiger partial charge in [-0.2, -0.15) is 0 Å². The summed E-state index contributed by atoms with van der Waals surface area (Å²) in [4.78, 5) is 11.8. The van der Waals surface area contributed by atoms with Gasteiger partial charge in [-0.15, -0.1) is 0 Å². The van der Waals surface area contributed by atoms with Gasteiger partial charge in [-0.1, -0.05) is 19.1 Å². The lowest BCUT2D eigenvalue weighted by atomic mass is 10.1. The number of benzene rings is 2. The first-order valence-electron chi connectivity index (χ1n) is 8.39. The van der Waals surface area contributed by atoms with E-state index in [1.807, 2.05) is 51.1 Å². The van der Waals surface area contributed by atoms with Crippen molar-refractivity contribution in [3.05, 3.63) is 53.6 Å². The molecular formula is C20H26N2O3. The van der Waals surface area contributed by atoms with Gasteiger partial charge in [-0.3, -0.25) is 0 Å². The Hall–Kier alpha value is -2.69. The van der Waals surface area contributed by atoms with Crippen LogP contribution in [0.15, 0.2) is 42.5 Å². The smallest absolute Gasteiger partial charge is 0.407 e. The summed E-state index contributed by atoms with van der Waals surface area (Å²) in [6.45, 7) is 7.83. The Morgan fingerprint density at radius 2 is 1.84 bits per heavy atom. The number of nitrogens with two attached hydrogens (primary N) is 1. The standard InChI is InChI=1S/C20H26N2O3/c1-5-14-7-6-8-16(11-14)24-17-9-10-18(21)15(12-17)13-22-19(23)25-20(2,3)4/h6-12H,5,13,21H2,1-4H3,(H,22,23). The zero-order chi connectivity index (χ0) is 18.4. The van der Waals surface area contributed by atoms with Crippen molar-refractivity contribution in [1.29, 1.82) is 0 Å². The first-order chi connectivity index (χ1) is 11.8. The van der Waals surface area contributed by atoms with Crippen molar-refractivity contribution in [3.8, 4) is 11.5 Å². The lowest BCUT2D eigenvalue weighted by molar-refractivity contribution is 0.0523. The summed E-state index contributed by atoms with van der Waals surface area (Å²) in [5.74, 6) is 1.44. The second kappa shape index (κ2) is 7.92. The molecule has 2 rings (SSSR count). The molecule has 0 aliphatic carbocycles. The molecule has 1 amide bonds.